The van der Waals surface area contributed by atoms with Gasteiger partial charge in [0.1, 0.15) is 12.1 Å². The first-order valence-electron chi connectivity index (χ1n) is 12.1. The maximum absolute atomic E-state index is 6.39. The third-order valence-corrected chi connectivity index (χ3v) is 6.36. The molecule has 0 N–H and O–H groups in total. The van der Waals surface area contributed by atoms with E-state index in [4.69, 9.17) is 24.1 Å². The molecule has 38 heavy (non-hydrogen) atoms. The van der Waals surface area contributed by atoms with Gasteiger partial charge in [-0.1, -0.05) is 53.7 Å². The number of para-hydroxylation sites is 1. The first-order valence-corrected chi connectivity index (χ1v) is 12.1. The van der Waals surface area contributed by atoms with Crippen molar-refractivity contribution in [2.45, 2.75) is 19.4 Å². The lowest BCUT2D eigenvalue weighted by molar-refractivity contribution is 0.126. The van der Waals surface area contributed by atoms with E-state index in [1.165, 1.54) is 0 Å². The van der Waals surface area contributed by atoms with Gasteiger partial charge in [-0.05, 0) is 36.8 Å². The summed E-state index contributed by atoms with van der Waals surface area (Å²) < 4.78 is 15.7. The number of furan rings is 1. The first kappa shape index (κ1) is 22.0. The van der Waals surface area contributed by atoms with Gasteiger partial charge in [0.05, 0.1) is 40.9 Å². The summed E-state index contributed by atoms with van der Waals surface area (Å²) in [6.45, 7) is 2.06. The van der Waals surface area contributed by atoms with E-state index in [9.17, 15) is 0 Å². The fourth-order valence-electron chi connectivity index (χ4n) is 4.70. The lowest BCUT2D eigenvalue weighted by Crippen LogP contribution is -2.15. The zero-order chi connectivity index (χ0) is 25.5. The summed E-state index contributed by atoms with van der Waals surface area (Å²) in [5.41, 5.74) is 4.87. The molecule has 0 aliphatic carbocycles. The van der Waals surface area contributed by atoms with Gasteiger partial charge in [-0.25, -0.2) is 19.2 Å². The number of aromatic nitrogens is 6. The standard InChI is InChI=1S/C28H21N7O3/c1-18-23-24(21-13-8-14-36-21)25-26-31-22(16-37-30-15-19-9-4-2-5-10-19)33-34(26)17-29-27(25)38-28(23)35(32-18)20-11-6-3-7-12-20/h2-15,17,24H,16H2,1H3/b30-15+/t24-/m0/s1. The summed E-state index contributed by atoms with van der Waals surface area (Å²) in [6.07, 6.45) is 4.88. The molecular formula is C28H21N7O3. The second-order valence-electron chi connectivity index (χ2n) is 8.78. The van der Waals surface area contributed by atoms with E-state index in [-0.39, 0.29) is 12.5 Å². The van der Waals surface area contributed by atoms with Crippen LogP contribution < -0.4 is 4.74 Å². The smallest absolute Gasteiger partial charge is 0.230 e. The van der Waals surface area contributed by atoms with Crippen molar-refractivity contribution >= 4 is 11.9 Å². The van der Waals surface area contributed by atoms with Crippen molar-refractivity contribution in [3.63, 3.8) is 0 Å². The third-order valence-electron chi connectivity index (χ3n) is 6.36. The quantitative estimate of drug-likeness (QED) is 0.231. The second-order valence-corrected chi connectivity index (χ2v) is 8.78. The Balaban J connectivity index is 1.29. The molecule has 2 aromatic carbocycles. The number of fused-ring (bicyclic) bond motifs is 4. The lowest BCUT2D eigenvalue weighted by Gasteiger charge is -2.24. The van der Waals surface area contributed by atoms with Crippen molar-refractivity contribution in [2.75, 3.05) is 0 Å². The van der Waals surface area contributed by atoms with E-state index in [2.05, 4.69) is 15.2 Å². The summed E-state index contributed by atoms with van der Waals surface area (Å²) >= 11 is 0. The molecule has 0 bridgehead atoms. The predicted molar refractivity (Wildman–Crippen MR) is 138 cm³/mol. The molecule has 0 unspecified atom stereocenters. The minimum Gasteiger partial charge on any atom is -0.468 e. The number of hydrogen-bond acceptors (Lipinski definition) is 8. The van der Waals surface area contributed by atoms with Gasteiger partial charge in [0, 0.05) is 0 Å². The largest absolute Gasteiger partial charge is 0.468 e. The highest BCUT2D eigenvalue weighted by molar-refractivity contribution is 5.78. The maximum Gasteiger partial charge on any atom is 0.230 e. The second kappa shape index (κ2) is 9.00. The number of hydrogen-bond donors (Lipinski definition) is 0. The molecular weight excluding hydrogens is 482 g/mol. The third kappa shape index (κ3) is 3.70. The van der Waals surface area contributed by atoms with Crippen LogP contribution >= 0.6 is 0 Å². The molecule has 1 aliphatic heterocycles. The monoisotopic (exact) mass is 503 g/mol. The number of rotatable bonds is 6. The van der Waals surface area contributed by atoms with Gasteiger partial charge in [-0.2, -0.15) is 5.10 Å². The average Bonchev–Trinajstić information content (AvgIpc) is 3.70. The molecule has 6 aromatic rings. The molecule has 0 spiro atoms. The maximum atomic E-state index is 6.39. The fourth-order valence-corrected chi connectivity index (χ4v) is 4.70. The Bertz CT molecular complexity index is 1760. The zero-order valence-electron chi connectivity index (χ0n) is 20.3. The number of oxime groups is 1. The molecule has 186 valence electrons. The van der Waals surface area contributed by atoms with E-state index in [0.29, 0.717) is 23.2 Å². The summed E-state index contributed by atoms with van der Waals surface area (Å²) in [4.78, 5) is 14.8. The topological polar surface area (TPSA) is 105 Å². The van der Waals surface area contributed by atoms with Crippen molar-refractivity contribution in [3.05, 3.63) is 119 Å². The molecule has 0 radical (unpaired) electrons. The van der Waals surface area contributed by atoms with Crippen LogP contribution in [-0.4, -0.2) is 35.6 Å². The van der Waals surface area contributed by atoms with E-state index in [1.807, 2.05) is 79.7 Å². The van der Waals surface area contributed by atoms with Crippen LogP contribution in [0, 0.1) is 6.92 Å². The van der Waals surface area contributed by atoms with Gasteiger partial charge in [0.15, 0.2) is 18.1 Å². The van der Waals surface area contributed by atoms with Crippen molar-refractivity contribution < 1.29 is 14.0 Å². The van der Waals surface area contributed by atoms with E-state index >= 15 is 0 Å². The van der Waals surface area contributed by atoms with Crippen LogP contribution in [0.5, 0.6) is 11.8 Å². The molecule has 0 saturated heterocycles. The SMILES string of the molecule is Cc1nn(-c2ccccc2)c2c1[C@H](c1ccco1)c1c(ncn3nc(CO/N=C/c4ccccc4)nc13)O2. The van der Waals surface area contributed by atoms with Crippen molar-refractivity contribution in [1.29, 1.82) is 0 Å². The van der Waals surface area contributed by atoms with Gasteiger partial charge < -0.3 is 14.0 Å². The van der Waals surface area contributed by atoms with E-state index in [1.54, 1.807) is 28.0 Å². The van der Waals surface area contributed by atoms with Gasteiger partial charge in [0.2, 0.25) is 11.8 Å². The lowest BCUT2D eigenvalue weighted by atomic mass is 9.88. The Kier molecular flexibility index (Phi) is 5.21. The summed E-state index contributed by atoms with van der Waals surface area (Å²) in [5.74, 6) is 1.87. The van der Waals surface area contributed by atoms with Crippen LogP contribution in [0.2, 0.25) is 0 Å². The van der Waals surface area contributed by atoms with Gasteiger partial charge in [-0.15, -0.1) is 5.10 Å². The minimum absolute atomic E-state index is 0.0995. The van der Waals surface area contributed by atoms with Crippen LogP contribution in [0.1, 0.15) is 39.9 Å². The van der Waals surface area contributed by atoms with Crippen LogP contribution in [0.15, 0.2) is 95.0 Å². The van der Waals surface area contributed by atoms with Crippen molar-refractivity contribution in [1.82, 2.24) is 29.4 Å². The first-order chi connectivity index (χ1) is 18.8. The molecule has 5 heterocycles. The van der Waals surface area contributed by atoms with Gasteiger partial charge >= 0.3 is 0 Å². The Morgan fingerprint density at radius 3 is 2.58 bits per heavy atom. The van der Waals surface area contributed by atoms with Crippen LogP contribution in [-0.2, 0) is 11.4 Å². The number of ether oxygens (including phenoxy) is 1. The fraction of sp³-hybridized carbons (Fsp3) is 0.107. The molecule has 0 saturated carbocycles. The zero-order valence-corrected chi connectivity index (χ0v) is 20.3. The van der Waals surface area contributed by atoms with Crippen LogP contribution in [0.25, 0.3) is 11.3 Å². The highest BCUT2D eigenvalue weighted by Gasteiger charge is 2.39. The number of benzene rings is 2. The number of aryl methyl sites for hydroxylation is 1. The minimum atomic E-state index is -0.341. The summed E-state index contributed by atoms with van der Waals surface area (Å²) in [6, 6.07) is 23.4. The Morgan fingerprint density at radius 2 is 1.79 bits per heavy atom. The number of nitrogens with zero attached hydrogens (tertiary/aromatic N) is 7. The Hall–Kier alpha value is -5.25. The van der Waals surface area contributed by atoms with Crippen molar-refractivity contribution in [2.24, 2.45) is 5.16 Å². The highest BCUT2D eigenvalue weighted by Crippen LogP contribution is 2.49. The molecule has 4 aromatic heterocycles. The van der Waals surface area contributed by atoms with Crippen LogP contribution in [0.3, 0.4) is 0 Å². The Labute approximate surface area is 216 Å². The van der Waals surface area contributed by atoms with Crippen molar-refractivity contribution in [3.8, 4) is 17.4 Å². The van der Waals surface area contributed by atoms with Gasteiger partial charge in [0.25, 0.3) is 0 Å². The molecule has 10 heteroatoms. The highest BCUT2D eigenvalue weighted by atomic mass is 16.6. The van der Waals surface area contributed by atoms with Gasteiger partial charge in [-0.3, -0.25) is 0 Å². The average molecular weight is 504 g/mol. The van der Waals surface area contributed by atoms with E-state index in [0.717, 1.165) is 33.8 Å². The predicted octanol–water partition coefficient (Wildman–Crippen LogP) is 5.05. The Morgan fingerprint density at radius 1 is 0.974 bits per heavy atom. The molecule has 1 atom stereocenters. The van der Waals surface area contributed by atoms with Crippen LogP contribution in [0.4, 0.5) is 0 Å². The molecule has 0 amide bonds. The summed E-state index contributed by atoms with van der Waals surface area (Å²) in [7, 11) is 0. The summed E-state index contributed by atoms with van der Waals surface area (Å²) in [5, 5.41) is 13.4. The molecule has 7 rings (SSSR count). The molecule has 10 nitrogen and oxygen atoms in total. The van der Waals surface area contributed by atoms with E-state index < -0.39 is 0 Å². The molecule has 0 fully saturated rings. The molecule has 1 aliphatic rings. The normalized spacial score (nSPS) is 14.4.